The van der Waals surface area contributed by atoms with Gasteiger partial charge in [-0.2, -0.15) is 13.2 Å². The van der Waals surface area contributed by atoms with Gasteiger partial charge in [-0.1, -0.05) is 17.9 Å². The normalized spacial score (nSPS) is 21.0. The Balaban J connectivity index is 1.87. The molecule has 3 N–H and O–H groups in total. The summed E-state index contributed by atoms with van der Waals surface area (Å²) in [4.78, 5) is 13.2. The minimum atomic E-state index is -4.43. The Morgan fingerprint density at radius 2 is 2.08 bits per heavy atom. The van der Waals surface area contributed by atoms with Crippen LogP contribution < -0.4 is 5.32 Å². The Morgan fingerprint density at radius 1 is 1.33 bits per heavy atom. The summed E-state index contributed by atoms with van der Waals surface area (Å²) in [6.07, 6.45) is -5.97. The van der Waals surface area contributed by atoms with Gasteiger partial charge in [-0.15, -0.1) is 0 Å². The lowest BCUT2D eigenvalue weighted by Gasteiger charge is -2.33. The maximum absolute atomic E-state index is 12.6. The lowest BCUT2D eigenvalue weighted by Crippen LogP contribution is -2.52. The predicted octanol–water partition coefficient (Wildman–Crippen LogP) is 1.19. The van der Waals surface area contributed by atoms with E-state index in [0.29, 0.717) is 6.54 Å². The molecule has 24 heavy (non-hydrogen) atoms. The van der Waals surface area contributed by atoms with E-state index in [1.165, 1.54) is 17.0 Å². The van der Waals surface area contributed by atoms with Crippen molar-refractivity contribution in [3.8, 4) is 11.8 Å². The van der Waals surface area contributed by atoms with Gasteiger partial charge in [0, 0.05) is 12.1 Å². The van der Waals surface area contributed by atoms with Gasteiger partial charge in [0.05, 0.1) is 30.9 Å². The van der Waals surface area contributed by atoms with Gasteiger partial charge in [0.25, 0.3) is 0 Å². The molecule has 0 aromatic heterocycles. The van der Waals surface area contributed by atoms with Crippen molar-refractivity contribution in [2.75, 3.05) is 19.6 Å². The Bertz CT molecular complexity index is 652. The summed E-state index contributed by atoms with van der Waals surface area (Å²) in [5.41, 5.74) is -0.574. The molecule has 1 aliphatic heterocycles. The molecule has 1 saturated heterocycles. The first-order chi connectivity index (χ1) is 11.3. The summed E-state index contributed by atoms with van der Waals surface area (Å²) in [5, 5.41) is 21.4. The summed E-state index contributed by atoms with van der Waals surface area (Å²) in [6, 6.07) is 4.18. The Hall–Kier alpha value is -2.24. The largest absolute Gasteiger partial charge is 0.416 e. The van der Waals surface area contributed by atoms with Crippen LogP contribution in [0.4, 0.5) is 18.0 Å². The molecule has 0 aliphatic carbocycles. The van der Waals surface area contributed by atoms with E-state index < -0.39 is 30.0 Å². The number of likely N-dealkylation sites (tertiary alicyclic amines) is 1. The monoisotopic (exact) mass is 342 g/mol. The number of hydrogen-bond donors (Lipinski definition) is 3. The zero-order chi connectivity index (χ0) is 17.7. The molecule has 0 saturated carbocycles. The standard InChI is InChI=1S/C16H17F3N2O3/c17-16(18,19)12-5-1-3-11(9-12)4-2-7-20-15(24)21-8-6-13(22)14(23)10-21/h1,3,5,9,13-14,22-23H,6-8,10H2,(H,20,24)/t13-,14+/m1/s1. The number of benzene rings is 1. The molecule has 0 spiro atoms. The third kappa shape index (κ3) is 4.88. The maximum atomic E-state index is 12.6. The molecule has 1 fully saturated rings. The van der Waals surface area contributed by atoms with E-state index in [4.69, 9.17) is 0 Å². The third-order valence-electron chi connectivity index (χ3n) is 3.58. The van der Waals surface area contributed by atoms with Gasteiger partial charge in [-0.05, 0) is 24.6 Å². The predicted molar refractivity (Wildman–Crippen MR) is 79.9 cm³/mol. The fraction of sp³-hybridized carbons (Fsp3) is 0.438. The van der Waals surface area contributed by atoms with E-state index in [0.717, 1.165) is 12.1 Å². The molecular formula is C16H17F3N2O3. The zero-order valence-corrected chi connectivity index (χ0v) is 12.7. The summed E-state index contributed by atoms with van der Waals surface area (Å²) >= 11 is 0. The highest BCUT2D eigenvalue weighted by Gasteiger charge is 2.30. The molecule has 2 atom stereocenters. The van der Waals surface area contributed by atoms with Gasteiger partial charge in [-0.25, -0.2) is 4.79 Å². The molecule has 5 nitrogen and oxygen atoms in total. The summed E-state index contributed by atoms with van der Waals surface area (Å²) in [6.45, 7) is 0.295. The number of halogens is 3. The van der Waals surface area contributed by atoms with Gasteiger partial charge in [0.2, 0.25) is 0 Å². The van der Waals surface area contributed by atoms with E-state index in [9.17, 15) is 28.2 Å². The first-order valence-electron chi connectivity index (χ1n) is 7.32. The van der Waals surface area contributed by atoms with Crippen molar-refractivity contribution < 1.29 is 28.2 Å². The smallest absolute Gasteiger partial charge is 0.390 e. The lowest BCUT2D eigenvalue weighted by atomic mass is 10.1. The van der Waals surface area contributed by atoms with E-state index >= 15 is 0 Å². The number of rotatable bonds is 1. The number of alkyl halides is 3. The van der Waals surface area contributed by atoms with Gasteiger partial charge >= 0.3 is 12.2 Å². The number of aliphatic hydroxyl groups excluding tert-OH is 2. The van der Waals surface area contributed by atoms with Crippen LogP contribution in [-0.4, -0.2) is 53.0 Å². The Morgan fingerprint density at radius 3 is 2.75 bits per heavy atom. The van der Waals surface area contributed by atoms with E-state index in [1.54, 1.807) is 0 Å². The van der Waals surface area contributed by atoms with Crippen LogP contribution in [0.25, 0.3) is 0 Å². The maximum Gasteiger partial charge on any atom is 0.416 e. The minimum Gasteiger partial charge on any atom is -0.390 e. The second-order valence-electron chi connectivity index (χ2n) is 5.41. The summed E-state index contributed by atoms with van der Waals surface area (Å²) in [5.74, 6) is 5.14. The Kier molecular flexibility index (Phi) is 5.70. The van der Waals surface area contributed by atoms with Crippen LogP contribution in [-0.2, 0) is 6.18 Å². The molecule has 0 bridgehead atoms. The van der Waals surface area contributed by atoms with Crippen LogP contribution in [0.3, 0.4) is 0 Å². The first kappa shape index (κ1) is 18.1. The number of urea groups is 1. The number of amides is 2. The number of piperidine rings is 1. The number of nitrogens with zero attached hydrogens (tertiary/aromatic N) is 1. The number of nitrogens with one attached hydrogen (secondary N) is 1. The van der Waals surface area contributed by atoms with Crippen molar-refractivity contribution in [3.05, 3.63) is 35.4 Å². The highest BCUT2D eigenvalue weighted by atomic mass is 19.4. The van der Waals surface area contributed by atoms with Crippen molar-refractivity contribution >= 4 is 6.03 Å². The molecule has 8 heteroatoms. The van der Waals surface area contributed by atoms with Crippen LogP contribution in [0.1, 0.15) is 17.5 Å². The molecular weight excluding hydrogens is 325 g/mol. The summed E-state index contributed by atoms with van der Waals surface area (Å²) in [7, 11) is 0. The molecule has 1 aromatic carbocycles. The molecule has 1 heterocycles. The number of carbonyl (C=O) groups is 1. The fourth-order valence-corrected chi connectivity index (χ4v) is 2.25. The van der Waals surface area contributed by atoms with Crippen molar-refractivity contribution in [2.24, 2.45) is 0 Å². The van der Waals surface area contributed by atoms with E-state index in [2.05, 4.69) is 17.2 Å². The summed E-state index contributed by atoms with van der Waals surface area (Å²) < 4.78 is 37.7. The first-order valence-corrected chi connectivity index (χ1v) is 7.32. The second kappa shape index (κ2) is 7.55. The van der Waals surface area contributed by atoms with Crippen molar-refractivity contribution in [3.63, 3.8) is 0 Å². The minimum absolute atomic E-state index is 0.0219. The zero-order valence-electron chi connectivity index (χ0n) is 12.7. The average Bonchev–Trinajstić information content (AvgIpc) is 2.53. The van der Waals surface area contributed by atoms with Gasteiger partial charge < -0.3 is 20.4 Å². The second-order valence-corrected chi connectivity index (χ2v) is 5.41. The van der Waals surface area contributed by atoms with Gasteiger partial charge in [0.15, 0.2) is 0 Å². The molecule has 0 radical (unpaired) electrons. The molecule has 130 valence electrons. The SMILES string of the molecule is O=C(NCC#Cc1cccc(C(F)(F)F)c1)N1CC[C@@H](O)[C@@H](O)C1. The average molecular weight is 342 g/mol. The molecule has 0 unspecified atom stereocenters. The van der Waals surface area contributed by atoms with Crippen molar-refractivity contribution in [2.45, 2.75) is 24.8 Å². The van der Waals surface area contributed by atoms with Crippen LogP contribution in [0, 0.1) is 11.8 Å². The van der Waals surface area contributed by atoms with Gasteiger partial charge in [-0.3, -0.25) is 0 Å². The molecule has 1 aliphatic rings. The number of β-amino-alcohol motifs (C(OH)–C–C–N with tert-alkyl or cyclic N) is 1. The van der Waals surface area contributed by atoms with Gasteiger partial charge in [0.1, 0.15) is 0 Å². The highest BCUT2D eigenvalue weighted by Crippen LogP contribution is 2.29. The molecule has 2 rings (SSSR count). The lowest BCUT2D eigenvalue weighted by molar-refractivity contribution is -0.137. The topological polar surface area (TPSA) is 72.8 Å². The van der Waals surface area contributed by atoms with E-state index in [-0.39, 0.29) is 25.1 Å². The third-order valence-corrected chi connectivity index (χ3v) is 3.58. The quantitative estimate of drug-likeness (QED) is 0.672. The highest BCUT2D eigenvalue weighted by molar-refractivity contribution is 5.74. The molecule has 1 aromatic rings. The van der Waals surface area contributed by atoms with Crippen molar-refractivity contribution in [1.82, 2.24) is 10.2 Å². The van der Waals surface area contributed by atoms with Crippen LogP contribution in [0.2, 0.25) is 0 Å². The Labute approximate surface area is 137 Å². The van der Waals surface area contributed by atoms with Crippen molar-refractivity contribution in [1.29, 1.82) is 0 Å². The number of hydrogen-bond acceptors (Lipinski definition) is 3. The van der Waals surface area contributed by atoms with Crippen LogP contribution in [0.5, 0.6) is 0 Å². The molecule has 2 amide bonds. The number of carbonyl (C=O) groups excluding carboxylic acids is 1. The van der Waals surface area contributed by atoms with E-state index in [1.807, 2.05) is 0 Å². The van der Waals surface area contributed by atoms with Crippen LogP contribution in [0.15, 0.2) is 24.3 Å². The van der Waals surface area contributed by atoms with Crippen LogP contribution >= 0.6 is 0 Å². The number of aliphatic hydroxyl groups is 2. The fourth-order valence-electron chi connectivity index (χ4n) is 2.25.